The molecule has 180 valence electrons. The number of likely N-dealkylation sites (tertiary alicyclic amines) is 1. The standard InChI is InChI=1S/C28H29N3O2S2/c32-26(29-15-24(21-8-3-1-4-9-21)22-10-5-2-6-11-22)19-35-28(34)30-16-20-14-23(18-30)25-12-7-13-27(33)31(25)17-20/h1-13,20,23-24H,14-19H2,(H,29,32)/t20-,23-/m1/s1. The Kier molecular flexibility index (Phi) is 7.35. The van der Waals surface area contributed by atoms with E-state index < -0.39 is 0 Å². The largest absolute Gasteiger partial charge is 0.356 e. The van der Waals surface area contributed by atoms with Gasteiger partial charge in [0.15, 0.2) is 0 Å². The number of nitrogens with one attached hydrogen (secondary N) is 1. The van der Waals surface area contributed by atoms with Gasteiger partial charge < -0.3 is 14.8 Å². The zero-order chi connectivity index (χ0) is 24.2. The molecule has 1 saturated heterocycles. The number of piperidine rings is 1. The minimum Gasteiger partial charge on any atom is -0.356 e. The predicted molar refractivity (Wildman–Crippen MR) is 146 cm³/mol. The molecule has 1 fully saturated rings. The SMILES string of the molecule is O=C(CSC(=S)N1C[C@H]2C[C@H](C1)c1cccc(=O)n1C2)NCC(c1ccccc1)c1ccccc1. The van der Waals surface area contributed by atoms with Crippen LogP contribution in [0.25, 0.3) is 0 Å². The van der Waals surface area contributed by atoms with Crippen molar-refractivity contribution in [3.63, 3.8) is 0 Å². The Morgan fingerprint density at radius 1 is 0.943 bits per heavy atom. The fourth-order valence-corrected chi connectivity index (χ4v) is 6.34. The Hall–Kier alpha value is -2.90. The second-order valence-corrected chi connectivity index (χ2v) is 10.9. The normalized spacial score (nSPS) is 18.7. The Bertz CT molecular complexity index is 1210. The third kappa shape index (κ3) is 5.52. The maximum Gasteiger partial charge on any atom is 0.250 e. The molecule has 5 nitrogen and oxygen atoms in total. The van der Waals surface area contributed by atoms with E-state index in [4.69, 9.17) is 12.2 Å². The fraction of sp³-hybridized carbons (Fsp3) is 0.321. The second kappa shape index (κ2) is 10.8. The molecule has 2 aliphatic heterocycles. The molecule has 7 heteroatoms. The smallest absolute Gasteiger partial charge is 0.250 e. The van der Waals surface area contributed by atoms with Crippen LogP contribution in [0.15, 0.2) is 83.7 Å². The molecule has 2 aliphatic rings. The number of amides is 1. The Morgan fingerprint density at radius 3 is 2.31 bits per heavy atom. The number of rotatable bonds is 6. The average Bonchev–Trinajstić information content (AvgIpc) is 2.89. The van der Waals surface area contributed by atoms with Gasteiger partial charge in [0.05, 0.1) is 5.75 Å². The summed E-state index contributed by atoms with van der Waals surface area (Å²) in [5.41, 5.74) is 3.56. The number of hydrogen-bond donors (Lipinski definition) is 1. The third-order valence-corrected chi connectivity index (χ3v) is 8.50. The fourth-order valence-electron chi connectivity index (χ4n) is 5.33. The number of thioether (sulfide) groups is 1. The van der Waals surface area contributed by atoms with E-state index in [2.05, 4.69) is 40.5 Å². The van der Waals surface area contributed by atoms with Gasteiger partial charge in [-0.3, -0.25) is 9.59 Å². The minimum absolute atomic E-state index is 0.0108. The summed E-state index contributed by atoms with van der Waals surface area (Å²) in [7, 11) is 0. The summed E-state index contributed by atoms with van der Waals surface area (Å²) in [6.45, 7) is 2.93. The van der Waals surface area contributed by atoms with E-state index in [-0.39, 0.29) is 17.4 Å². The summed E-state index contributed by atoms with van der Waals surface area (Å²) in [5.74, 6) is 1.11. The van der Waals surface area contributed by atoms with Crippen LogP contribution in [0.2, 0.25) is 0 Å². The van der Waals surface area contributed by atoms with Gasteiger partial charge in [0.1, 0.15) is 4.32 Å². The van der Waals surface area contributed by atoms with Crippen molar-refractivity contribution in [3.05, 3.63) is 106 Å². The highest BCUT2D eigenvalue weighted by Gasteiger charge is 2.35. The van der Waals surface area contributed by atoms with Gasteiger partial charge in [0.25, 0.3) is 5.56 Å². The van der Waals surface area contributed by atoms with Gasteiger partial charge in [0.2, 0.25) is 5.91 Å². The molecule has 2 atom stereocenters. The number of carbonyl (C=O) groups excluding carboxylic acids is 1. The Labute approximate surface area is 215 Å². The molecule has 2 bridgehead atoms. The van der Waals surface area contributed by atoms with Crippen molar-refractivity contribution in [2.24, 2.45) is 5.92 Å². The quantitative estimate of drug-likeness (QED) is 0.510. The predicted octanol–water partition coefficient (Wildman–Crippen LogP) is 4.23. The van der Waals surface area contributed by atoms with Gasteiger partial charge in [-0.2, -0.15) is 0 Å². The molecule has 1 amide bonds. The van der Waals surface area contributed by atoms with Crippen LogP contribution in [0.3, 0.4) is 0 Å². The molecule has 3 aromatic rings. The zero-order valence-corrected chi connectivity index (χ0v) is 21.1. The lowest BCUT2D eigenvalue weighted by atomic mass is 9.83. The maximum atomic E-state index is 12.7. The van der Waals surface area contributed by atoms with E-state index >= 15 is 0 Å². The van der Waals surface area contributed by atoms with E-state index in [0.29, 0.717) is 24.1 Å². The molecule has 0 saturated carbocycles. The van der Waals surface area contributed by atoms with Crippen molar-refractivity contribution in [3.8, 4) is 0 Å². The molecule has 0 spiro atoms. The molecule has 0 unspecified atom stereocenters. The van der Waals surface area contributed by atoms with Crippen LogP contribution < -0.4 is 10.9 Å². The van der Waals surface area contributed by atoms with E-state index in [1.807, 2.05) is 47.0 Å². The number of carbonyl (C=O) groups is 1. The van der Waals surface area contributed by atoms with Gasteiger partial charge in [-0.25, -0.2) is 0 Å². The van der Waals surface area contributed by atoms with Crippen LogP contribution in [-0.2, 0) is 11.3 Å². The molecular formula is C28H29N3O2S2. The van der Waals surface area contributed by atoms with Crippen molar-refractivity contribution in [2.75, 3.05) is 25.4 Å². The van der Waals surface area contributed by atoms with E-state index in [1.54, 1.807) is 6.07 Å². The molecule has 3 heterocycles. The summed E-state index contributed by atoms with van der Waals surface area (Å²) in [5, 5.41) is 3.12. The highest BCUT2D eigenvalue weighted by molar-refractivity contribution is 8.23. The highest BCUT2D eigenvalue weighted by atomic mass is 32.2. The van der Waals surface area contributed by atoms with Crippen LogP contribution in [0.1, 0.15) is 35.1 Å². The van der Waals surface area contributed by atoms with Crippen LogP contribution in [-0.4, -0.2) is 45.1 Å². The lowest BCUT2D eigenvalue weighted by Gasteiger charge is -2.43. The first-order valence-corrected chi connectivity index (χ1v) is 13.5. The van der Waals surface area contributed by atoms with Crippen molar-refractivity contribution in [1.82, 2.24) is 14.8 Å². The molecule has 0 aliphatic carbocycles. The topological polar surface area (TPSA) is 54.3 Å². The summed E-state index contributed by atoms with van der Waals surface area (Å²) < 4.78 is 2.69. The first-order valence-electron chi connectivity index (χ1n) is 12.1. The van der Waals surface area contributed by atoms with Crippen LogP contribution in [0.5, 0.6) is 0 Å². The molecule has 1 N–H and O–H groups in total. The molecular weight excluding hydrogens is 474 g/mol. The van der Waals surface area contributed by atoms with Crippen molar-refractivity contribution in [2.45, 2.75) is 24.8 Å². The van der Waals surface area contributed by atoms with E-state index in [9.17, 15) is 9.59 Å². The monoisotopic (exact) mass is 503 g/mol. The number of pyridine rings is 1. The minimum atomic E-state index is -0.0108. The van der Waals surface area contributed by atoms with Gasteiger partial charge in [-0.1, -0.05) is 90.7 Å². The number of hydrogen-bond acceptors (Lipinski definition) is 4. The van der Waals surface area contributed by atoms with Crippen molar-refractivity contribution >= 4 is 34.2 Å². The highest BCUT2D eigenvalue weighted by Crippen LogP contribution is 2.36. The number of benzene rings is 2. The molecule has 5 rings (SSSR count). The lowest BCUT2D eigenvalue weighted by Crippen LogP contribution is -2.48. The third-order valence-electron chi connectivity index (χ3n) is 6.97. The number of thiocarbonyl (C=S) groups is 1. The van der Waals surface area contributed by atoms with Crippen LogP contribution >= 0.6 is 24.0 Å². The van der Waals surface area contributed by atoms with E-state index in [1.165, 1.54) is 22.9 Å². The molecule has 1 aromatic heterocycles. The maximum absolute atomic E-state index is 12.7. The summed E-state index contributed by atoms with van der Waals surface area (Å²) in [6, 6.07) is 26.1. The molecule has 0 radical (unpaired) electrons. The summed E-state index contributed by atoms with van der Waals surface area (Å²) >= 11 is 7.16. The summed E-state index contributed by atoms with van der Waals surface area (Å²) in [4.78, 5) is 27.2. The zero-order valence-electron chi connectivity index (χ0n) is 19.5. The lowest BCUT2D eigenvalue weighted by molar-refractivity contribution is -0.118. The molecule has 2 aromatic carbocycles. The molecule has 35 heavy (non-hydrogen) atoms. The van der Waals surface area contributed by atoms with Crippen LogP contribution in [0.4, 0.5) is 0 Å². The van der Waals surface area contributed by atoms with Gasteiger partial charge in [-0.15, -0.1) is 0 Å². The van der Waals surface area contributed by atoms with Gasteiger partial charge in [0, 0.05) is 49.8 Å². The average molecular weight is 504 g/mol. The first kappa shape index (κ1) is 23.8. The Balaban J connectivity index is 1.16. The number of aromatic nitrogens is 1. The van der Waals surface area contributed by atoms with Crippen molar-refractivity contribution < 1.29 is 4.79 Å². The van der Waals surface area contributed by atoms with Gasteiger partial charge >= 0.3 is 0 Å². The van der Waals surface area contributed by atoms with Crippen molar-refractivity contribution in [1.29, 1.82) is 0 Å². The van der Waals surface area contributed by atoms with Crippen LogP contribution in [0, 0.1) is 5.92 Å². The number of fused-ring (bicyclic) bond motifs is 4. The second-order valence-electron chi connectivity index (χ2n) is 9.34. The Morgan fingerprint density at radius 2 is 1.63 bits per heavy atom. The summed E-state index contributed by atoms with van der Waals surface area (Å²) in [6.07, 6.45) is 1.09. The first-order chi connectivity index (χ1) is 17.1. The number of nitrogens with zero attached hydrogens (tertiary/aromatic N) is 2. The van der Waals surface area contributed by atoms with E-state index in [0.717, 1.165) is 36.1 Å². The van der Waals surface area contributed by atoms with Gasteiger partial charge in [-0.05, 0) is 29.5 Å².